The van der Waals surface area contributed by atoms with Crippen LogP contribution in [0, 0.1) is 23.7 Å². The summed E-state index contributed by atoms with van der Waals surface area (Å²) in [6, 6.07) is -14.0. The second-order valence-electron chi connectivity index (χ2n) is 19.3. The molecule has 422 valence electrons. The van der Waals surface area contributed by atoms with E-state index in [1.165, 1.54) is 46.4 Å². The third-order valence-corrected chi connectivity index (χ3v) is 12.1. The maximum Gasteiger partial charge on any atom is 0.326 e. The minimum absolute atomic E-state index is 0.0283. The standard InChI is InChI=1S/C46H80N10O16S2/c1-21(2)17-26(47)38(63)54-32(20-73)43(68)50-29(15-16-74-10)39(64)48-25(9)37(62)55-35(23(5)6)44(69)51-27(11-13-33(58)59)40(65)49-28(12-14-34(60)61)41(66)56-36(24(7)8)45(70)53-31(19-57)42(67)52-30(46(71)72)18-22(3)4/h21-32,35-36,57,73H,11-20,47H2,1-10H3,(H,48,64)(H,49,65)(H,50,68)(H,51,69)(H,52,67)(H,53,70)(H,54,63)(H,55,62)(H,56,66)(H,58,59)(H,60,61)(H,71,72)/t25-,26-,27-,28-,29-,30-,31-,32-,35-,36-/m0/s1. The zero-order valence-corrected chi connectivity index (χ0v) is 45.5. The van der Waals surface area contributed by atoms with Crippen molar-refractivity contribution in [3.05, 3.63) is 0 Å². The summed E-state index contributed by atoms with van der Waals surface area (Å²) in [5.74, 6) is -13.7. The summed E-state index contributed by atoms with van der Waals surface area (Å²) in [7, 11) is 0. The van der Waals surface area contributed by atoms with Crippen LogP contribution >= 0.6 is 24.4 Å². The first kappa shape index (κ1) is 68.3. The molecule has 0 saturated heterocycles. The van der Waals surface area contributed by atoms with Crippen LogP contribution in [-0.4, -0.2) is 176 Å². The second kappa shape index (κ2) is 34.7. The molecule has 9 amide bonds. The van der Waals surface area contributed by atoms with Crippen molar-refractivity contribution in [2.45, 2.75) is 168 Å². The third kappa shape index (κ3) is 26.0. The average molecular weight is 1090 g/mol. The molecule has 0 heterocycles. The first-order valence-electron chi connectivity index (χ1n) is 24.3. The predicted molar refractivity (Wildman–Crippen MR) is 275 cm³/mol. The van der Waals surface area contributed by atoms with Crippen LogP contribution in [0.2, 0.25) is 0 Å². The van der Waals surface area contributed by atoms with Gasteiger partial charge in [-0.15, -0.1) is 0 Å². The summed E-state index contributed by atoms with van der Waals surface area (Å²) in [6.07, 6.45) is -0.300. The number of carboxylic acids is 3. The lowest BCUT2D eigenvalue weighted by molar-refractivity contribution is -0.143. The number of aliphatic carboxylic acids is 3. The molecule has 0 fully saturated rings. The van der Waals surface area contributed by atoms with Crippen molar-refractivity contribution in [3.63, 3.8) is 0 Å². The number of thiol groups is 1. The molecule has 0 aromatic carbocycles. The molecule has 0 aliphatic carbocycles. The monoisotopic (exact) mass is 1090 g/mol. The van der Waals surface area contributed by atoms with E-state index in [2.05, 4.69) is 60.5 Å². The molecule has 15 N–H and O–H groups in total. The number of thioether (sulfide) groups is 1. The fraction of sp³-hybridized carbons (Fsp3) is 0.739. The van der Waals surface area contributed by atoms with Gasteiger partial charge in [0.1, 0.15) is 54.4 Å². The molecule has 0 unspecified atom stereocenters. The number of carbonyl (C=O) groups is 12. The Balaban J connectivity index is 6.37. The van der Waals surface area contributed by atoms with Gasteiger partial charge in [-0.3, -0.25) is 52.7 Å². The number of carboxylic acid groups (broad SMARTS) is 3. The van der Waals surface area contributed by atoms with Crippen LogP contribution in [0.5, 0.6) is 0 Å². The Morgan fingerprint density at radius 3 is 1.23 bits per heavy atom. The Morgan fingerprint density at radius 1 is 0.459 bits per heavy atom. The highest BCUT2D eigenvalue weighted by molar-refractivity contribution is 7.98. The summed E-state index contributed by atoms with van der Waals surface area (Å²) in [5.41, 5.74) is 5.97. The van der Waals surface area contributed by atoms with Gasteiger partial charge in [-0.1, -0.05) is 55.4 Å². The molecule has 74 heavy (non-hydrogen) atoms. The van der Waals surface area contributed by atoms with Crippen LogP contribution in [0.1, 0.15) is 107 Å². The lowest BCUT2D eigenvalue weighted by Gasteiger charge is -2.29. The molecular formula is C46H80N10O16S2. The van der Waals surface area contributed by atoms with Gasteiger partial charge in [0.2, 0.25) is 53.2 Å². The number of carbonyl (C=O) groups excluding carboxylic acids is 9. The topological polar surface area (TPSA) is 420 Å². The summed E-state index contributed by atoms with van der Waals surface area (Å²) in [5, 5.41) is 60.2. The molecule has 0 aromatic rings. The van der Waals surface area contributed by atoms with Crippen LogP contribution in [0.15, 0.2) is 0 Å². The van der Waals surface area contributed by atoms with Crippen LogP contribution < -0.4 is 53.6 Å². The van der Waals surface area contributed by atoms with Crippen LogP contribution in [0.3, 0.4) is 0 Å². The Labute approximate surface area is 441 Å². The number of hydrogen-bond acceptors (Lipinski definition) is 16. The van der Waals surface area contributed by atoms with E-state index in [0.717, 1.165) is 0 Å². The van der Waals surface area contributed by atoms with Gasteiger partial charge in [0.25, 0.3) is 0 Å². The number of hydrogen-bond donors (Lipinski definition) is 15. The van der Waals surface area contributed by atoms with E-state index >= 15 is 0 Å². The normalized spacial score (nSPS) is 15.4. The molecule has 0 saturated carbocycles. The van der Waals surface area contributed by atoms with E-state index in [0.29, 0.717) is 12.2 Å². The molecule has 0 aliphatic heterocycles. The van der Waals surface area contributed by atoms with Gasteiger partial charge in [-0.2, -0.15) is 24.4 Å². The Hall–Kier alpha value is -5.74. The largest absolute Gasteiger partial charge is 0.481 e. The fourth-order valence-corrected chi connectivity index (χ4v) is 7.60. The lowest BCUT2D eigenvalue weighted by Crippen LogP contribution is -2.61. The Bertz CT molecular complexity index is 1940. The maximum absolute atomic E-state index is 13.9. The minimum Gasteiger partial charge on any atom is -0.481 e. The van der Waals surface area contributed by atoms with Crippen molar-refractivity contribution in [3.8, 4) is 0 Å². The van der Waals surface area contributed by atoms with Crippen molar-refractivity contribution in [1.29, 1.82) is 0 Å². The third-order valence-electron chi connectivity index (χ3n) is 11.1. The first-order chi connectivity index (χ1) is 34.4. The molecule has 0 bridgehead atoms. The summed E-state index contributed by atoms with van der Waals surface area (Å²) in [4.78, 5) is 156. The zero-order valence-electron chi connectivity index (χ0n) is 43.8. The van der Waals surface area contributed by atoms with E-state index in [-0.39, 0.29) is 30.4 Å². The van der Waals surface area contributed by atoms with Crippen molar-refractivity contribution in [2.75, 3.05) is 24.4 Å². The quantitative estimate of drug-likeness (QED) is 0.0291. The van der Waals surface area contributed by atoms with Gasteiger partial charge in [0.05, 0.1) is 12.6 Å². The number of aliphatic hydroxyl groups excluding tert-OH is 1. The van der Waals surface area contributed by atoms with Gasteiger partial charge in [0, 0.05) is 18.6 Å². The lowest BCUT2D eigenvalue weighted by atomic mass is 10.0. The van der Waals surface area contributed by atoms with Crippen molar-refractivity contribution >= 4 is 95.5 Å². The average Bonchev–Trinajstić information content (AvgIpc) is 3.30. The van der Waals surface area contributed by atoms with Gasteiger partial charge in [0.15, 0.2) is 0 Å². The maximum atomic E-state index is 13.9. The summed E-state index contributed by atoms with van der Waals surface area (Å²) < 4.78 is 0. The fourth-order valence-electron chi connectivity index (χ4n) is 6.87. The molecular weight excluding hydrogens is 1010 g/mol. The molecule has 0 rings (SSSR count). The molecule has 26 nitrogen and oxygen atoms in total. The Kier molecular flexibility index (Phi) is 32.0. The first-order valence-corrected chi connectivity index (χ1v) is 26.3. The molecule has 0 radical (unpaired) electrons. The highest BCUT2D eigenvalue weighted by Crippen LogP contribution is 2.12. The van der Waals surface area contributed by atoms with Gasteiger partial charge in [-0.25, -0.2) is 4.79 Å². The van der Waals surface area contributed by atoms with E-state index in [1.807, 2.05) is 13.8 Å². The van der Waals surface area contributed by atoms with Gasteiger partial charge in [-0.05, 0) is 74.7 Å². The number of nitrogens with two attached hydrogens (primary N) is 1. The van der Waals surface area contributed by atoms with Crippen LogP contribution in [0.25, 0.3) is 0 Å². The van der Waals surface area contributed by atoms with Crippen molar-refractivity contribution in [2.24, 2.45) is 29.4 Å². The SMILES string of the molecule is CSCC[C@H](NC(=O)[C@H](CS)NC(=O)[C@@H](N)CC(C)C)C(=O)N[C@@H](C)C(=O)N[C@H](C(=O)N[C@@H](CCC(=O)O)C(=O)N[C@@H](CCC(=O)O)C(=O)N[C@H](C(=O)N[C@@H](CO)C(=O)N[C@@H](CC(C)C)C(=O)O)C(C)C)C(C)C. The van der Waals surface area contributed by atoms with E-state index in [4.69, 9.17) is 5.73 Å². The molecule has 0 spiro atoms. The van der Waals surface area contributed by atoms with E-state index in [9.17, 15) is 78.0 Å². The summed E-state index contributed by atoms with van der Waals surface area (Å²) >= 11 is 5.55. The molecule has 0 aromatic heterocycles. The number of aliphatic hydroxyl groups is 1. The number of nitrogens with one attached hydrogen (secondary N) is 9. The highest BCUT2D eigenvalue weighted by Gasteiger charge is 2.36. The molecule has 28 heteroatoms. The highest BCUT2D eigenvalue weighted by atomic mass is 32.2. The molecule has 10 atom stereocenters. The predicted octanol–water partition coefficient (Wildman–Crippen LogP) is -2.41. The minimum atomic E-state index is -1.73. The van der Waals surface area contributed by atoms with Crippen LogP contribution in [0.4, 0.5) is 0 Å². The van der Waals surface area contributed by atoms with E-state index < -0.39 is 176 Å². The van der Waals surface area contributed by atoms with E-state index in [1.54, 1.807) is 20.1 Å². The molecule has 0 aliphatic rings. The zero-order chi connectivity index (χ0) is 57.2. The number of rotatable bonds is 36. The smallest absolute Gasteiger partial charge is 0.326 e. The van der Waals surface area contributed by atoms with Crippen molar-refractivity contribution < 1.29 is 78.0 Å². The van der Waals surface area contributed by atoms with Gasteiger partial charge >= 0.3 is 17.9 Å². The Morgan fingerprint density at radius 2 is 0.824 bits per heavy atom. The van der Waals surface area contributed by atoms with Crippen LogP contribution in [-0.2, 0) is 57.5 Å². The summed E-state index contributed by atoms with van der Waals surface area (Å²) in [6.45, 7) is 13.6. The van der Waals surface area contributed by atoms with Crippen molar-refractivity contribution in [1.82, 2.24) is 47.9 Å². The number of amides is 9. The van der Waals surface area contributed by atoms with Gasteiger partial charge < -0.3 is 74.0 Å². The second-order valence-corrected chi connectivity index (χ2v) is 20.6.